The van der Waals surface area contributed by atoms with Crippen molar-refractivity contribution in [3.8, 4) is 0 Å². The number of hydrogen-bond acceptors (Lipinski definition) is 4. The van der Waals surface area contributed by atoms with Crippen LogP contribution in [0, 0.1) is 5.92 Å². The molecule has 4 rings (SSSR count). The van der Waals surface area contributed by atoms with Gasteiger partial charge in [0.05, 0.1) is 6.04 Å². The zero-order valence-electron chi connectivity index (χ0n) is 17.0. The van der Waals surface area contributed by atoms with Gasteiger partial charge in [0.15, 0.2) is 0 Å². The lowest BCUT2D eigenvalue weighted by Crippen LogP contribution is -2.41. The molecule has 29 heavy (non-hydrogen) atoms. The van der Waals surface area contributed by atoms with Crippen LogP contribution in [-0.4, -0.2) is 42.9 Å². The monoisotopic (exact) mass is 411 g/mol. The van der Waals surface area contributed by atoms with Gasteiger partial charge in [-0.05, 0) is 74.0 Å². The van der Waals surface area contributed by atoms with Crippen molar-refractivity contribution in [3.63, 3.8) is 0 Å². The van der Waals surface area contributed by atoms with Crippen LogP contribution >= 0.6 is 11.3 Å². The smallest absolute Gasteiger partial charge is 0.251 e. The van der Waals surface area contributed by atoms with E-state index in [1.54, 1.807) is 16.2 Å². The maximum absolute atomic E-state index is 12.7. The molecule has 0 saturated carbocycles. The predicted molar refractivity (Wildman–Crippen MR) is 117 cm³/mol. The summed E-state index contributed by atoms with van der Waals surface area (Å²) >= 11 is 1.76. The Hall–Kier alpha value is -2.18. The summed E-state index contributed by atoms with van der Waals surface area (Å²) in [5.41, 5.74) is 1.51. The van der Waals surface area contributed by atoms with Gasteiger partial charge in [0, 0.05) is 35.6 Å². The van der Waals surface area contributed by atoms with Gasteiger partial charge in [0.1, 0.15) is 0 Å². The van der Waals surface area contributed by atoms with Gasteiger partial charge < -0.3 is 10.2 Å². The van der Waals surface area contributed by atoms with Crippen LogP contribution in [0.3, 0.4) is 0 Å². The van der Waals surface area contributed by atoms with Crippen LogP contribution in [0.15, 0.2) is 41.8 Å². The van der Waals surface area contributed by atoms with E-state index in [1.807, 2.05) is 24.3 Å². The quantitative estimate of drug-likeness (QED) is 0.779. The van der Waals surface area contributed by atoms with Crippen LogP contribution in [0.5, 0.6) is 0 Å². The summed E-state index contributed by atoms with van der Waals surface area (Å²) in [4.78, 5) is 30.3. The highest BCUT2D eigenvalue weighted by Crippen LogP contribution is 2.29. The van der Waals surface area contributed by atoms with Crippen LogP contribution in [0.4, 0.5) is 5.69 Å². The Kier molecular flexibility index (Phi) is 6.31. The fraction of sp³-hybridized carbons (Fsp3) is 0.478. The third kappa shape index (κ3) is 4.70. The molecule has 0 spiro atoms. The van der Waals surface area contributed by atoms with Crippen molar-refractivity contribution in [2.24, 2.45) is 5.92 Å². The number of hydrogen-bond donors (Lipinski definition) is 1. The topological polar surface area (TPSA) is 52.7 Å². The fourth-order valence-corrected chi connectivity index (χ4v) is 5.10. The lowest BCUT2D eigenvalue weighted by Gasteiger charge is -2.36. The molecule has 1 unspecified atom stereocenters. The number of carbonyl (C=O) groups is 2. The van der Waals surface area contributed by atoms with Gasteiger partial charge in [-0.1, -0.05) is 13.0 Å². The molecule has 0 radical (unpaired) electrons. The fourth-order valence-electron chi connectivity index (χ4n) is 4.24. The highest BCUT2D eigenvalue weighted by atomic mass is 32.1. The number of carbonyl (C=O) groups excluding carboxylic acids is 2. The zero-order chi connectivity index (χ0) is 20.2. The Labute approximate surface area is 176 Å². The number of thiophene rings is 1. The molecule has 2 fully saturated rings. The molecular weight excluding hydrogens is 382 g/mol. The summed E-state index contributed by atoms with van der Waals surface area (Å²) in [5.74, 6) is 0.888. The maximum atomic E-state index is 12.7. The molecule has 1 aromatic heterocycles. The number of benzene rings is 1. The summed E-state index contributed by atoms with van der Waals surface area (Å²) in [6.45, 7) is 5.86. The molecule has 5 nitrogen and oxygen atoms in total. The Bertz CT molecular complexity index is 826. The van der Waals surface area contributed by atoms with Gasteiger partial charge in [0.25, 0.3) is 5.91 Å². The minimum Gasteiger partial charge on any atom is -0.350 e. The van der Waals surface area contributed by atoms with E-state index >= 15 is 0 Å². The first kappa shape index (κ1) is 20.1. The first-order chi connectivity index (χ1) is 14.1. The van der Waals surface area contributed by atoms with E-state index in [9.17, 15) is 9.59 Å². The number of piperidine rings is 1. The van der Waals surface area contributed by atoms with E-state index < -0.39 is 0 Å². The van der Waals surface area contributed by atoms with Crippen LogP contribution in [-0.2, 0) is 4.79 Å². The lowest BCUT2D eigenvalue weighted by atomic mass is 9.97. The molecule has 0 bridgehead atoms. The van der Waals surface area contributed by atoms with Crippen molar-refractivity contribution >= 4 is 28.8 Å². The van der Waals surface area contributed by atoms with Gasteiger partial charge in [-0.15, -0.1) is 11.3 Å². The summed E-state index contributed by atoms with van der Waals surface area (Å²) in [7, 11) is 0. The average Bonchev–Trinajstić information content (AvgIpc) is 3.41. The molecule has 154 valence electrons. The Morgan fingerprint density at radius 1 is 1.17 bits per heavy atom. The van der Waals surface area contributed by atoms with Crippen molar-refractivity contribution in [3.05, 3.63) is 52.2 Å². The number of rotatable bonds is 6. The minimum atomic E-state index is -0.0590. The Morgan fingerprint density at radius 2 is 1.93 bits per heavy atom. The van der Waals surface area contributed by atoms with Crippen molar-refractivity contribution in [1.82, 2.24) is 10.2 Å². The molecule has 2 aliphatic rings. The minimum absolute atomic E-state index is 0.0590. The Morgan fingerprint density at radius 3 is 2.55 bits per heavy atom. The van der Waals surface area contributed by atoms with Crippen LogP contribution in [0.2, 0.25) is 0 Å². The van der Waals surface area contributed by atoms with E-state index in [0.717, 1.165) is 37.7 Å². The van der Waals surface area contributed by atoms with E-state index in [-0.39, 0.29) is 17.9 Å². The summed E-state index contributed by atoms with van der Waals surface area (Å²) in [6, 6.07) is 11.9. The molecule has 0 aliphatic carbocycles. The first-order valence-electron chi connectivity index (χ1n) is 10.6. The maximum Gasteiger partial charge on any atom is 0.251 e. The molecule has 1 atom stereocenters. The Balaban J connectivity index is 1.39. The molecular formula is C23H29N3O2S. The third-order valence-electron chi connectivity index (χ3n) is 6.10. The largest absolute Gasteiger partial charge is 0.350 e. The van der Waals surface area contributed by atoms with Crippen molar-refractivity contribution in [2.45, 2.75) is 38.6 Å². The molecule has 1 N–H and O–H groups in total. The standard InChI is InChI=1S/C23H29N3O2S/c1-17-10-13-25(14-11-17)20(21-4-3-15-29-21)16-24-23(28)18-6-8-19(9-7-18)26-12-2-5-22(26)27/h3-4,6-9,15,17,20H,2,5,10-14,16H2,1H3,(H,24,28). The van der Waals surface area contributed by atoms with Crippen molar-refractivity contribution < 1.29 is 9.59 Å². The number of likely N-dealkylation sites (tertiary alicyclic amines) is 1. The van der Waals surface area contributed by atoms with E-state index in [0.29, 0.717) is 18.5 Å². The average molecular weight is 412 g/mol. The van der Waals surface area contributed by atoms with Gasteiger partial charge in [-0.2, -0.15) is 0 Å². The normalized spacial score (nSPS) is 19.5. The molecule has 6 heteroatoms. The van der Waals surface area contributed by atoms with E-state index in [2.05, 4.69) is 34.7 Å². The van der Waals surface area contributed by atoms with Crippen LogP contribution < -0.4 is 10.2 Å². The molecule has 1 aromatic carbocycles. The van der Waals surface area contributed by atoms with Gasteiger partial charge in [0.2, 0.25) is 5.91 Å². The number of anilines is 1. The third-order valence-corrected chi connectivity index (χ3v) is 7.07. The summed E-state index contributed by atoms with van der Waals surface area (Å²) in [5, 5.41) is 5.25. The van der Waals surface area contributed by atoms with E-state index in [4.69, 9.17) is 0 Å². The number of nitrogens with one attached hydrogen (secondary N) is 1. The predicted octanol–water partition coefficient (Wildman–Crippen LogP) is 4.08. The SMILES string of the molecule is CC1CCN(C(CNC(=O)c2ccc(N3CCCC3=O)cc2)c2cccs2)CC1. The van der Waals surface area contributed by atoms with Gasteiger partial charge >= 0.3 is 0 Å². The highest BCUT2D eigenvalue weighted by Gasteiger charge is 2.26. The second-order valence-electron chi connectivity index (χ2n) is 8.16. The van der Waals surface area contributed by atoms with E-state index in [1.165, 1.54) is 17.7 Å². The molecule has 2 aromatic rings. The molecule has 2 amide bonds. The first-order valence-corrected chi connectivity index (χ1v) is 11.5. The molecule has 2 saturated heterocycles. The second-order valence-corrected chi connectivity index (χ2v) is 9.13. The van der Waals surface area contributed by atoms with Crippen molar-refractivity contribution in [2.75, 3.05) is 31.1 Å². The number of amides is 2. The van der Waals surface area contributed by atoms with Crippen LogP contribution in [0.25, 0.3) is 0 Å². The molecule has 2 aliphatic heterocycles. The highest BCUT2D eigenvalue weighted by molar-refractivity contribution is 7.10. The van der Waals surface area contributed by atoms with Crippen LogP contribution in [0.1, 0.15) is 53.9 Å². The molecule has 3 heterocycles. The summed E-state index contributed by atoms with van der Waals surface area (Å²) < 4.78 is 0. The summed E-state index contributed by atoms with van der Waals surface area (Å²) in [6.07, 6.45) is 3.95. The van der Waals surface area contributed by atoms with Gasteiger partial charge in [-0.25, -0.2) is 0 Å². The number of nitrogens with zero attached hydrogens (tertiary/aromatic N) is 2. The lowest BCUT2D eigenvalue weighted by molar-refractivity contribution is -0.117. The van der Waals surface area contributed by atoms with Crippen molar-refractivity contribution in [1.29, 1.82) is 0 Å². The zero-order valence-corrected chi connectivity index (χ0v) is 17.8. The second kappa shape index (κ2) is 9.09. The van der Waals surface area contributed by atoms with Gasteiger partial charge in [-0.3, -0.25) is 14.5 Å².